The molecule has 2 unspecified atom stereocenters. The van der Waals surface area contributed by atoms with Gasteiger partial charge in [0.05, 0.1) is 6.10 Å². The molecule has 1 fully saturated rings. The molecule has 1 aliphatic heterocycles. The number of hydrogen-bond donors (Lipinski definition) is 2. The number of aliphatic hydroxyl groups is 1. The van der Waals surface area contributed by atoms with E-state index in [0.717, 1.165) is 18.4 Å². The predicted molar refractivity (Wildman–Crippen MR) is 73.4 cm³/mol. The molecule has 1 saturated heterocycles. The van der Waals surface area contributed by atoms with E-state index in [1.54, 1.807) is 11.8 Å². The molecule has 0 aliphatic carbocycles. The highest BCUT2D eigenvalue weighted by Gasteiger charge is 2.34. The van der Waals surface area contributed by atoms with Crippen LogP contribution in [0.5, 0.6) is 0 Å². The first-order valence-corrected chi connectivity index (χ1v) is 7.34. The molecule has 94 valence electrons. The van der Waals surface area contributed by atoms with Gasteiger partial charge in [-0.1, -0.05) is 12.1 Å². The second-order valence-electron chi connectivity index (χ2n) is 5.39. The monoisotopic (exact) mass is 251 g/mol. The predicted octanol–water partition coefficient (Wildman–Crippen LogP) is 2.97. The van der Waals surface area contributed by atoms with E-state index in [4.69, 9.17) is 0 Å². The third kappa shape index (κ3) is 3.03. The Bertz CT molecular complexity index is 374. The van der Waals surface area contributed by atoms with Crippen LogP contribution in [0.25, 0.3) is 0 Å². The summed E-state index contributed by atoms with van der Waals surface area (Å²) in [6.45, 7) is 4.38. The van der Waals surface area contributed by atoms with Crippen LogP contribution >= 0.6 is 11.8 Å². The Balaban J connectivity index is 2.06. The van der Waals surface area contributed by atoms with Crippen LogP contribution in [0.3, 0.4) is 0 Å². The summed E-state index contributed by atoms with van der Waals surface area (Å²) >= 11 is 1.72. The van der Waals surface area contributed by atoms with Crippen molar-refractivity contribution in [2.75, 3.05) is 6.26 Å². The molecule has 0 spiro atoms. The van der Waals surface area contributed by atoms with Crippen LogP contribution in [0, 0.1) is 0 Å². The van der Waals surface area contributed by atoms with Crippen LogP contribution in [-0.4, -0.2) is 22.9 Å². The second kappa shape index (κ2) is 5.01. The summed E-state index contributed by atoms with van der Waals surface area (Å²) in [7, 11) is 0. The van der Waals surface area contributed by atoms with Crippen molar-refractivity contribution >= 4 is 11.8 Å². The molecule has 0 aromatic heterocycles. The van der Waals surface area contributed by atoms with E-state index >= 15 is 0 Å². The van der Waals surface area contributed by atoms with Gasteiger partial charge in [-0.2, -0.15) is 0 Å². The maximum atomic E-state index is 10.3. The number of hydrogen-bond acceptors (Lipinski definition) is 3. The summed E-state index contributed by atoms with van der Waals surface area (Å²) in [4.78, 5) is 1.24. The van der Waals surface area contributed by atoms with Crippen molar-refractivity contribution in [1.82, 2.24) is 5.32 Å². The van der Waals surface area contributed by atoms with E-state index in [-0.39, 0.29) is 11.6 Å². The molecule has 0 bridgehead atoms. The number of aliphatic hydroxyl groups excluding tert-OH is 1. The van der Waals surface area contributed by atoms with E-state index < -0.39 is 6.10 Å². The number of rotatable bonds is 3. The van der Waals surface area contributed by atoms with E-state index in [2.05, 4.69) is 37.6 Å². The normalized spacial score (nSPS) is 24.8. The van der Waals surface area contributed by atoms with Gasteiger partial charge in [0.1, 0.15) is 0 Å². The Labute approximate surface area is 108 Å². The van der Waals surface area contributed by atoms with Crippen LogP contribution in [0.15, 0.2) is 29.2 Å². The highest BCUT2D eigenvalue weighted by atomic mass is 32.2. The molecule has 2 N–H and O–H groups in total. The lowest BCUT2D eigenvalue weighted by Crippen LogP contribution is -2.40. The van der Waals surface area contributed by atoms with Gasteiger partial charge in [-0.3, -0.25) is 0 Å². The summed E-state index contributed by atoms with van der Waals surface area (Å²) in [6.07, 6.45) is 3.83. The van der Waals surface area contributed by atoms with Crippen LogP contribution in [0.1, 0.15) is 38.4 Å². The first-order chi connectivity index (χ1) is 8.02. The number of nitrogens with one attached hydrogen (secondary N) is 1. The van der Waals surface area contributed by atoms with Gasteiger partial charge in [-0.25, -0.2) is 0 Å². The summed E-state index contributed by atoms with van der Waals surface area (Å²) in [5, 5.41) is 13.8. The first kappa shape index (κ1) is 12.9. The Morgan fingerprint density at radius 3 is 2.47 bits per heavy atom. The molecule has 1 heterocycles. The zero-order valence-corrected chi connectivity index (χ0v) is 11.6. The zero-order valence-electron chi connectivity index (χ0n) is 10.7. The van der Waals surface area contributed by atoms with Gasteiger partial charge >= 0.3 is 0 Å². The van der Waals surface area contributed by atoms with Crippen molar-refractivity contribution in [3.8, 4) is 0 Å². The second-order valence-corrected chi connectivity index (χ2v) is 6.27. The smallest absolute Gasteiger partial charge is 0.0943 e. The fourth-order valence-electron chi connectivity index (χ4n) is 2.43. The Morgan fingerprint density at radius 2 is 2.00 bits per heavy atom. The molecule has 2 rings (SSSR count). The minimum absolute atomic E-state index is 0.158. The minimum Gasteiger partial charge on any atom is -0.387 e. The third-order valence-corrected chi connectivity index (χ3v) is 4.24. The van der Waals surface area contributed by atoms with Crippen molar-refractivity contribution in [3.05, 3.63) is 29.8 Å². The molecule has 17 heavy (non-hydrogen) atoms. The van der Waals surface area contributed by atoms with E-state index in [1.165, 1.54) is 4.90 Å². The maximum absolute atomic E-state index is 10.3. The molecule has 1 aliphatic rings. The van der Waals surface area contributed by atoms with Crippen molar-refractivity contribution in [2.24, 2.45) is 0 Å². The van der Waals surface area contributed by atoms with E-state index in [0.29, 0.717) is 0 Å². The molecule has 0 radical (unpaired) electrons. The quantitative estimate of drug-likeness (QED) is 0.810. The van der Waals surface area contributed by atoms with Crippen molar-refractivity contribution in [1.29, 1.82) is 0 Å². The van der Waals surface area contributed by atoms with Gasteiger partial charge in [-0.05, 0) is 50.6 Å². The van der Waals surface area contributed by atoms with Gasteiger partial charge in [0, 0.05) is 16.5 Å². The maximum Gasteiger partial charge on any atom is 0.0943 e. The fraction of sp³-hybridized carbons (Fsp3) is 0.571. The van der Waals surface area contributed by atoms with Gasteiger partial charge in [0.15, 0.2) is 0 Å². The molecule has 1 aromatic rings. The molecule has 3 heteroatoms. The first-order valence-electron chi connectivity index (χ1n) is 6.11. The molecular weight excluding hydrogens is 230 g/mol. The Morgan fingerprint density at radius 1 is 1.35 bits per heavy atom. The lowest BCUT2D eigenvalue weighted by atomic mass is 10.0. The highest BCUT2D eigenvalue weighted by Crippen LogP contribution is 2.30. The summed E-state index contributed by atoms with van der Waals surface area (Å²) in [5.41, 5.74) is 1.17. The van der Waals surface area contributed by atoms with Gasteiger partial charge in [0.25, 0.3) is 0 Å². The van der Waals surface area contributed by atoms with Crippen molar-refractivity contribution in [2.45, 2.75) is 49.3 Å². The molecular formula is C14H21NOS. The summed E-state index contributed by atoms with van der Waals surface area (Å²) in [6, 6.07) is 8.39. The topological polar surface area (TPSA) is 32.3 Å². The average Bonchev–Trinajstić information content (AvgIpc) is 2.69. The average molecular weight is 251 g/mol. The molecule has 0 saturated carbocycles. The standard InChI is InChI=1S/C14H21NOS/c1-14(2)9-8-12(15-14)13(16)10-4-6-11(17-3)7-5-10/h4-7,12-13,15-16H,8-9H2,1-3H3. The molecule has 1 aromatic carbocycles. The van der Waals surface area contributed by atoms with Crippen LogP contribution in [-0.2, 0) is 0 Å². The number of thioether (sulfide) groups is 1. The van der Waals surface area contributed by atoms with Gasteiger partial charge in [-0.15, -0.1) is 11.8 Å². The van der Waals surface area contributed by atoms with Crippen molar-refractivity contribution < 1.29 is 5.11 Å². The summed E-state index contributed by atoms with van der Waals surface area (Å²) < 4.78 is 0. The zero-order chi connectivity index (χ0) is 12.5. The Kier molecular flexibility index (Phi) is 3.81. The third-order valence-electron chi connectivity index (χ3n) is 3.49. The molecule has 2 atom stereocenters. The van der Waals surface area contributed by atoms with E-state index in [9.17, 15) is 5.11 Å². The number of benzene rings is 1. The fourth-order valence-corrected chi connectivity index (χ4v) is 2.84. The minimum atomic E-state index is -0.396. The Hall–Kier alpha value is -0.510. The largest absolute Gasteiger partial charge is 0.387 e. The van der Waals surface area contributed by atoms with Crippen LogP contribution in [0.2, 0.25) is 0 Å². The van der Waals surface area contributed by atoms with Crippen LogP contribution < -0.4 is 5.32 Å². The molecule has 2 nitrogen and oxygen atoms in total. The van der Waals surface area contributed by atoms with Gasteiger partial charge in [0.2, 0.25) is 0 Å². The van der Waals surface area contributed by atoms with Crippen LogP contribution in [0.4, 0.5) is 0 Å². The van der Waals surface area contributed by atoms with Crippen molar-refractivity contribution in [3.63, 3.8) is 0 Å². The van der Waals surface area contributed by atoms with E-state index in [1.807, 2.05) is 12.1 Å². The summed E-state index contributed by atoms with van der Waals surface area (Å²) in [5.74, 6) is 0. The molecule has 0 amide bonds. The SMILES string of the molecule is CSc1ccc(C(O)C2CCC(C)(C)N2)cc1. The lowest BCUT2D eigenvalue weighted by Gasteiger charge is -2.24. The lowest BCUT2D eigenvalue weighted by molar-refractivity contribution is 0.131. The highest BCUT2D eigenvalue weighted by molar-refractivity contribution is 7.98. The van der Waals surface area contributed by atoms with Gasteiger partial charge < -0.3 is 10.4 Å².